The molecule has 0 saturated carbocycles. The Kier molecular flexibility index (Phi) is 7.36. The zero-order valence-corrected chi connectivity index (χ0v) is 14.5. The summed E-state index contributed by atoms with van der Waals surface area (Å²) in [6, 6.07) is 11.1. The van der Waals surface area contributed by atoms with Crippen LogP contribution < -0.4 is 11.1 Å². The molecule has 0 bridgehead atoms. The molecule has 1 aliphatic rings. The molecule has 1 saturated heterocycles. The van der Waals surface area contributed by atoms with Crippen molar-refractivity contribution >= 4 is 5.96 Å². The van der Waals surface area contributed by atoms with Crippen LogP contribution in [-0.2, 0) is 6.54 Å². The van der Waals surface area contributed by atoms with Crippen LogP contribution in [0.3, 0.4) is 0 Å². The van der Waals surface area contributed by atoms with Gasteiger partial charge in [-0.3, -0.25) is 9.89 Å². The fourth-order valence-electron chi connectivity index (χ4n) is 2.85. The van der Waals surface area contributed by atoms with Gasteiger partial charge in [0.2, 0.25) is 0 Å². The van der Waals surface area contributed by atoms with Gasteiger partial charge in [0.1, 0.15) is 0 Å². The molecular weight excluding hydrogens is 286 g/mol. The number of hydrogen-bond acceptors (Lipinski definition) is 3. The molecule has 0 spiro atoms. The van der Waals surface area contributed by atoms with Crippen LogP contribution in [0.25, 0.3) is 0 Å². The van der Waals surface area contributed by atoms with Crippen molar-refractivity contribution in [3.8, 4) is 0 Å². The van der Waals surface area contributed by atoms with E-state index in [0.29, 0.717) is 12.0 Å². The van der Waals surface area contributed by atoms with Crippen LogP contribution in [0.4, 0.5) is 0 Å². The molecule has 0 amide bonds. The molecule has 1 heterocycles. The summed E-state index contributed by atoms with van der Waals surface area (Å²) in [5.41, 5.74) is 7.21. The molecule has 5 heteroatoms. The first-order chi connectivity index (χ1) is 11.1. The van der Waals surface area contributed by atoms with Gasteiger partial charge in [-0.1, -0.05) is 30.3 Å². The number of aliphatic imine (C=N–C) groups is 1. The maximum Gasteiger partial charge on any atom is 0.188 e. The first-order valence-electron chi connectivity index (χ1n) is 8.68. The van der Waals surface area contributed by atoms with Crippen molar-refractivity contribution in [1.29, 1.82) is 0 Å². The van der Waals surface area contributed by atoms with Crippen molar-refractivity contribution in [1.82, 2.24) is 15.1 Å². The minimum atomic E-state index is 0.344. The fraction of sp³-hybridized carbons (Fsp3) is 0.611. The van der Waals surface area contributed by atoms with E-state index in [0.717, 1.165) is 52.2 Å². The molecular formula is C18H31N5. The van der Waals surface area contributed by atoms with Gasteiger partial charge in [0.25, 0.3) is 0 Å². The van der Waals surface area contributed by atoms with Crippen molar-refractivity contribution < 1.29 is 0 Å². The second-order valence-electron chi connectivity index (χ2n) is 6.52. The van der Waals surface area contributed by atoms with E-state index in [1.165, 1.54) is 5.56 Å². The molecule has 0 aromatic heterocycles. The Bertz CT molecular complexity index is 464. The van der Waals surface area contributed by atoms with Gasteiger partial charge in [0.15, 0.2) is 5.96 Å². The monoisotopic (exact) mass is 317 g/mol. The molecule has 1 fully saturated rings. The van der Waals surface area contributed by atoms with Crippen LogP contribution in [-0.4, -0.2) is 61.1 Å². The average molecular weight is 317 g/mol. The number of nitrogens with one attached hydrogen (secondary N) is 1. The van der Waals surface area contributed by atoms with Crippen molar-refractivity contribution in [2.75, 3.05) is 39.3 Å². The maximum atomic E-state index is 5.80. The SMILES string of the molecule is CC(C)NC(N)=NCCCN1CCN(Cc2ccccc2)CC1. The van der Waals surface area contributed by atoms with Gasteiger partial charge in [0.05, 0.1) is 0 Å². The van der Waals surface area contributed by atoms with Crippen LogP contribution >= 0.6 is 0 Å². The predicted molar refractivity (Wildman–Crippen MR) is 97.5 cm³/mol. The second-order valence-corrected chi connectivity index (χ2v) is 6.52. The molecule has 2 rings (SSSR count). The van der Waals surface area contributed by atoms with E-state index in [4.69, 9.17) is 5.73 Å². The van der Waals surface area contributed by atoms with Crippen molar-refractivity contribution in [3.63, 3.8) is 0 Å². The van der Waals surface area contributed by atoms with Gasteiger partial charge < -0.3 is 16.0 Å². The van der Waals surface area contributed by atoms with Gasteiger partial charge in [0, 0.05) is 51.9 Å². The summed E-state index contributed by atoms with van der Waals surface area (Å²) in [5.74, 6) is 0.563. The summed E-state index contributed by atoms with van der Waals surface area (Å²) in [6.07, 6.45) is 1.07. The fourth-order valence-corrected chi connectivity index (χ4v) is 2.85. The second kappa shape index (κ2) is 9.53. The van der Waals surface area contributed by atoms with Crippen molar-refractivity contribution in [3.05, 3.63) is 35.9 Å². The number of hydrogen-bond donors (Lipinski definition) is 2. The van der Waals surface area contributed by atoms with Crippen LogP contribution in [0.15, 0.2) is 35.3 Å². The van der Waals surface area contributed by atoms with Crippen LogP contribution in [0.1, 0.15) is 25.8 Å². The summed E-state index contributed by atoms with van der Waals surface area (Å²) in [6.45, 7) is 11.7. The van der Waals surface area contributed by atoms with E-state index >= 15 is 0 Å². The Morgan fingerprint density at radius 1 is 1.13 bits per heavy atom. The summed E-state index contributed by atoms with van der Waals surface area (Å²) >= 11 is 0. The maximum absolute atomic E-state index is 5.80. The zero-order chi connectivity index (χ0) is 16.5. The lowest BCUT2D eigenvalue weighted by atomic mass is 10.2. The van der Waals surface area contributed by atoms with Crippen LogP contribution in [0.2, 0.25) is 0 Å². The Hall–Kier alpha value is -1.59. The molecule has 0 unspecified atom stereocenters. The van der Waals surface area contributed by atoms with E-state index in [-0.39, 0.29) is 0 Å². The highest BCUT2D eigenvalue weighted by molar-refractivity contribution is 5.77. The third kappa shape index (κ3) is 7.01. The highest BCUT2D eigenvalue weighted by Gasteiger charge is 2.16. The highest BCUT2D eigenvalue weighted by atomic mass is 15.3. The highest BCUT2D eigenvalue weighted by Crippen LogP contribution is 2.08. The predicted octanol–water partition coefficient (Wildman–Crippen LogP) is 1.51. The lowest BCUT2D eigenvalue weighted by Crippen LogP contribution is -2.46. The smallest absolute Gasteiger partial charge is 0.188 e. The molecule has 3 N–H and O–H groups in total. The molecule has 128 valence electrons. The standard InChI is InChI=1S/C18H31N5/c1-16(2)21-18(19)20-9-6-10-22-11-13-23(14-12-22)15-17-7-4-3-5-8-17/h3-5,7-8,16H,6,9-15H2,1-2H3,(H3,19,20,21). The Morgan fingerprint density at radius 2 is 1.78 bits per heavy atom. The van der Waals surface area contributed by atoms with E-state index < -0.39 is 0 Å². The quantitative estimate of drug-likeness (QED) is 0.455. The number of nitrogens with two attached hydrogens (primary N) is 1. The third-order valence-electron chi connectivity index (χ3n) is 4.07. The van der Waals surface area contributed by atoms with Gasteiger partial charge in [-0.15, -0.1) is 0 Å². The molecule has 0 atom stereocenters. The molecule has 1 aromatic carbocycles. The lowest BCUT2D eigenvalue weighted by molar-refractivity contribution is 0.127. The first kappa shape index (κ1) is 17.8. The topological polar surface area (TPSA) is 56.9 Å². The first-order valence-corrected chi connectivity index (χ1v) is 8.68. The third-order valence-corrected chi connectivity index (χ3v) is 4.07. The van der Waals surface area contributed by atoms with E-state index in [1.807, 2.05) is 0 Å². The minimum absolute atomic E-state index is 0.344. The van der Waals surface area contributed by atoms with Crippen molar-refractivity contribution in [2.45, 2.75) is 32.9 Å². The molecule has 5 nitrogen and oxygen atoms in total. The number of nitrogens with zero attached hydrogens (tertiary/aromatic N) is 3. The zero-order valence-electron chi connectivity index (χ0n) is 14.5. The molecule has 0 radical (unpaired) electrons. The van der Waals surface area contributed by atoms with Gasteiger partial charge in [-0.05, 0) is 25.8 Å². The molecule has 0 aliphatic carbocycles. The van der Waals surface area contributed by atoms with E-state index in [2.05, 4.69) is 64.3 Å². The van der Waals surface area contributed by atoms with E-state index in [1.54, 1.807) is 0 Å². The number of piperazine rings is 1. The average Bonchev–Trinajstić information content (AvgIpc) is 2.53. The van der Waals surface area contributed by atoms with E-state index in [9.17, 15) is 0 Å². The van der Waals surface area contributed by atoms with Gasteiger partial charge >= 0.3 is 0 Å². The number of guanidine groups is 1. The van der Waals surface area contributed by atoms with Crippen LogP contribution in [0, 0.1) is 0 Å². The Balaban J connectivity index is 1.60. The Morgan fingerprint density at radius 3 is 2.43 bits per heavy atom. The Labute approximate surface area is 140 Å². The van der Waals surface area contributed by atoms with Crippen molar-refractivity contribution in [2.24, 2.45) is 10.7 Å². The summed E-state index contributed by atoms with van der Waals surface area (Å²) in [7, 11) is 0. The molecule has 23 heavy (non-hydrogen) atoms. The van der Waals surface area contributed by atoms with Gasteiger partial charge in [-0.25, -0.2) is 0 Å². The summed E-state index contributed by atoms with van der Waals surface area (Å²) in [5, 5.41) is 3.12. The molecule has 1 aromatic rings. The molecule has 1 aliphatic heterocycles. The largest absolute Gasteiger partial charge is 0.370 e. The minimum Gasteiger partial charge on any atom is -0.370 e. The van der Waals surface area contributed by atoms with Gasteiger partial charge in [-0.2, -0.15) is 0 Å². The lowest BCUT2D eigenvalue weighted by Gasteiger charge is -2.34. The summed E-state index contributed by atoms with van der Waals surface area (Å²) < 4.78 is 0. The summed E-state index contributed by atoms with van der Waals surface area (Å²) in [4.78, 5) is 9.43. The normalized spacial score (nSPS) is 17.6. The van der Waals surface area contributed by atoms with Crippen LogP contribution in [0.5, 0.6) is 0 Å². The number of rotatable bonds is 7. The number of benzene rings is 1.